The number of benzene rings is 1. The Morgan fingerprint density at radius 3 is 2.59 bits per heavy atom. The van der Waals surface area contributed by atoms with Crippen LogP contribution in [0.3, 0.4) is 0 Å². The number of aromatic nitrogens is 1. The first-order valence-electron chi connectivity index (χ1n) is 5.53. The van der Waals surface area contributed by atoms with Gasteiger partial charge in [-0.2, -0.15) is 5.10 Å². The summed E-state index contributed by atoms with van der Waals surface area (Å²) >= 11 is 0. The zero-order valence-corrected chi connectivity index (χ0v) is 10.0. The van der Waals surface area contributed by atoms with E-state index in [2.05, 4.69) is 46.7 Å². The Labute approximate surface area is 101 Å². The molecule has 2 rings (SSSR count). The third-order valence-electron chi connectivity index (χ3n) is 2.48. The van der Waals surface area contributed by atoms with Crippen LogP contribution in [0.4, 0.5) is 5.69 Å². The lowest BCUT2D eigenvalue weighted by Crippen LogP contribution is -1.99. The van der Waals surface area contributed by atoms with Crippen LogP contribution in [0.15, 0.2) is 53.9 Å². The second-order valence-corrected chi connectivity index (χ2v) is 3.92. The summed E-state index contributed by atoms with van der Waals surface area (Å²) in [5.41, 5.74) is 7.19. The van der Waals surface area contributed by atoms with Crippen LogP contribution in [0.1, 0.15) is 18.1 Å². The molecule has 1 heterocycles. The smallest absolute Gasteiger partial charge is 0.0745 e. The lowest BCUT2D eigenvalue weighted by atomic mass is 10.1. The van der Waals surface area contributed by atoms with Gasteiger partial charge in [0, 0.05) is 6.20 Å². The van der Waals surface area contributed by atoms with E-state index in [1.54, 1.807) is 12.4 Å². The molecule has 0 amide bonds. The fourth-order valence-electron chi connectivity index (χ4n) is 1.44. The molecule has 17 heavy (non-hydrogen) atoms. The lowest BCUT2D eigenvalue weighted by Gasteiger charge is -2.03. The van der Waals surface area contributed by atoms with E-state index in [4.69, 9.17) is 0 Å². The van der Waals surface area contributed by atoms with Gasteiger partial charge in [-0.15, -0.1) is 0 Å². The molecule has 0 atom stereocenters. The molecule has 3 nitrogen and oxygen atoms in total. The molecule has 0 radical (unpaired) electrons. The van der Waals surface area contributed by atoms with Crippen molar-refractivity contribution in [2.75, 3.05) is 5.43 Å². The van der Waals surface area contributed by atoms with E-state index in [0.717, 1.165) is 17.0 Å². The SMILES string of the molecule is CC(=NNc1cccnc1)c1ccc(C)cc1. The number of hydrazone groups is 1. The molecule has 0 aliphatic rings. The first-order chi connectivity index (χ1) is 8.25. The van der Waals surface area contributed by atoms with Gasteiger partial charge in [0.25, 0.3) is 0 Å². The van der Waals surface area contributed by atoms with E-state index in [0.29, 0.717) is 0 Å². The zero-order chi connectivity index (χ0) is 12.1. The monoisotopic (exact) mass is 225 g/mol. The third-order valence-corrected chi connectivity index (χ3v) is 2.48. The Kier molecular flexibility index (Phi) is 3.50. The quantitative estimate of drug-likeness (QED) is 0.643. The molecule has 0 unspecified atom stereocenters. The van der Waals surface area contributed by atoms with Crippen LogP contribution in [-0.2, 0) is 0 Å². The maximum Gasteiger partial charge on any atom is 0.0745 e. The highest BCUT2D eigenvalue weighted by Gasteiger charge is 1.96. The van der Waals surface area contributed by atoms with Crippen LogP contribution in [0.2, 0.25) is 0 Å². The number of nitrogens with zero attached hydrogens (tertiary/aromatic N) is 2. The minimum absolute atomic E-state index is 0.888. The molecule has 0 fully saturated rings. The topological polar surface area (TPSA) is 37.3 Å². The van der Waals surface area contributed by atoms with Gasteiger partial charge < -0.3 is 0 Å². The van der Waals surface area contributed by atoms with Crippen LogP contribution in [0.5, 0.6) is 0 Å². The molecule has 1 N–H and O–H groups in total. The van der Waals surface area contributed by atoms with Gasteiger partial charge in [0.05, 0.1) is 17.6 Å². The third kappa shape index (κ3) is 3.14. The van der Waals surface area contributed by atoms with Crippen LogP contribution >= 0.6 is 0 Å². The molecular formula is C14H15N3. The molecular weight excluding hydrogens is 210 g/mol. The number of pyridine rings is 1. The van der Waals surface area contributed by atoms with Crippen molar-refractivity contribution in [3.8, 4) is 0 Å². The Bertz CT molecular complexity index is 501. The van der Waals surface area contributed by atoms with Gasteiger partial charge in [0.15, 0.2) is 0 Å². The molecule has 86 valence electrons. The number of hydrogen-bond donors (Lipinski definition) is 1. The summed E-state index contributed by atoms with van der Waals surface area (Å²) in [5.74, 6) is 0. The molecule has 0 aliphatic heterocycles. The first kappa shape index (κ1) is 11.3. The lowest BCUT2D eigenvalue weighted by molar-refractivity contribution is 1.26. The predicted molar refractivity (Wildman–Crippen MR) is 71.2 cm³/mol. The Balaban J connectivity index is 2.10. The number of nitrogens with one attached hydrogen (secondary N) is 1. The summed E-state index contributed by atoms with van der Waals surface area (Å²) in [4.78, 5) is 4.02. The van der Waals surface area contributed by atoms with Crippen LogP contribution in [0.25, 0.3) is 0 Å². The van der Waals surface area contributed by atoms with E-state index in [9.17, 15) is 0 Å². The van der Waals surface area contributed by atoms with Gasteiger partial charge in [-0.25, -0.2) is 0 Å². The van der Waals surface area contributed by atoms with E-state index in [-0.39, 0.29) is 0 Å². The molecule has 0 aliphatic carbocycles. The van der Waals surface area contributed by atoms with E-state index in [1.807, 2.05) is 19.1 Å². The number of aryl methyl sites for hydroxylation is 1. The summed E-state index contributed by atoms with van der Waals surface area (Å²) in [6.07, 6.45) is 3.48. The molecule has 2 aromatic rings. The second kappa shape index (κ2) is 5.25. The average Bonchev–Trinajstić information content (AvgIpc) is 2.38. The van der Waals surface area contributed by atoms with Crippen molar-refractivity contribution in [3.05, 3.63) is 59.9 Å². The molecule has 1 aromatic heterocycles. The van der Waals surface area contributed by atoms with Crippen molar-refractivity contribution < 1.29 is 0 Å². The standard InChI is InChI=1S/C14H15N3/c1-11-5-7-13(8-6-11)12(2)16-17-14-4-3-9-15-10-14/h3-10,17H,1-2H3. The van der Waals surface area contributed by atoms with Crippen LogP contribution in [0, 0.1) is 6.92 Å². The molecule has 0 saturated heterocycles. The van der Waals surface area contributed by atoms with Gasteiger partial charge in [-0.3, -0.25) is 10.4 Å². The number of rotatable bonds is 3. The molecule has 0 bridgehead atoms. The molecule has 0 saturated carbocycles. The average molecular weight is 225 g/mol. The maximum atomic E-state index is 4.32. The summed E-state index contributed by atoms with van der Waals surface area (Å²) in [7, 11) is 0. The minimum Gasteiger partial charge on any atom is -0.277 e. The zero-order valence-electron chi connectivity index (χ0n) is 10.0. The van der Waals surface area contributed by atoms with Gasteiger partial charge in [-0.1, -0.05) is 29.8 Å². The van der Waals surface area contributed by atoms with Crippen molar-refractivity contribution >= 4 is 11.4 Å². The van der Waals surface area contributed by atoms with Crippen molar-refractivity contribution in [2.45, 2.75) is 13.8 Å². The van der Waals surface area contributed by atoms with Crippen molar-refractivity contribution in [1.82, 2.24) is 4.98 Å². The van der Waals surface area contributed by atoms with Gasteiger partial charge in [0.1, 0.15) is 0 Å². The van der Waals surface area contributed by atoms with Crippen molar-refractivity contribution in [3.63, 3.8) is 0 Å². The maximum absolute atomic E-state index is 4.32. The van der Waals surface area contributed by atoms with Crippen LogP contribution < -0.4 is 5.43 Å². The van der Waals surface area contributed by atoms with Crippen molar-refractivity contribution in [2.24, 2.45) is 5.10 Å². The second-order valence-electron chi connectivity index (χ2n) is 3.92. The Hall–Kier alpha value is -2.16. The summed E-state index contributed by atoms with van der Waals surface area (Å²) in [5, 5.41) is 4.32. The fourth-order valence-corrected chi connectivity index (χ4v) is 1.44. The largest absolute Gasteiger partial charge is 0.277 e. The highest BCUT2D eigenvalue weighted by molar-refractivity contribution is 5.99. The molecule has 3 heteroatoms. The Morgan fingerprint density at radius 2 is 1.94 bits per heavy atom. The summed E-state index contributed by atoms with van der Waals surface area (Å²) in [6, 6.07) is 12.1. The van der Waals surface area contributed by atoms with E-state index < -0.39 is 0 Å². The molecule has 0 spiro atoms. The highest BCUT2D eigenvalue weighted by Crippen LogP contribution is 2.06. The summed E-state index contributed by atoms with van der Waals surface area (Å²) in [6.45, 7) is 4.05. The number of anilines is 1. The van der Waals surface area contributed by atoms with E-state index >= 15 is 0 Å². The van der Waals surface area contributed by atoms with Gasteiger partial charge >= 0.3 is 0 Å². The normalized spacial score (nSPS) is 11.3. The number of hydrogen-bond acceptors (Lipinski definition) is 3. The first-order valence-corrected chi connectivity index (χ1v) is 5.53. The fraction of sp³-hybridized carbons (Fsp3) is 0.143. The predicted octanol–water partition coefficient (Wildman–Crippen LogP) is 3.23. The summed E-state index contributed by atoms with van der Waals surface area (Å²) < 4.78 is 0. The van der Waals surface area contributed by atoms with Crippen LogP contribution in [-0.4, -0.2) is 10.7 Å². The van der Waals surface area contributed by atoms with Gasteiger partial charge in [0.2, 0.25) is 0 Å². The van der Waals surface area contributed by atoms with Gasteiger partial charge in [-0.05, 0) is 31.5 Å². The van der Waals surface area contributed by atoms with E-state index in [1.165, 1.54) is 5.56 Å². The molecule has 1 aromatic carbocycles. The van der Waals surface area contributed by atoms with Crippen molar-refractivity contribution in [1.29, 1.82) is 0 Å². The highest BCUT2D eigenvalue weighted by atomic mass is 15.3. The Morgan fingerprint density at radius 1 is 1.18 bits per heavy atom. The minimum atomic E-state index is 0.888.